The number of benzene rings is 2. The molecule has 0 aromatic heterocycles. The first-order valence-corrected chi connectivity index (χ1v) is 16.0. The van der Waals surface area contributed by atoms with E-state index < -0.39 is 20.7 Å². The van der Waals surface area contributed by atoms with Gasteiger partial charge in [-0.2, -0.15) is 8.42 Å². The summed E-state index contributed by atoms with van der Waals surface area (Å²) in [6.45, 7) is 2.29. The first kappa shape index (κ1) is 37.9. The molecule has 9 heteroatoms. The van der Waals surface area contributed by atoms with Gasteiger partial charge in [0, 0.05) is 0 Å². The Labute approximate surface area is 232 Å². The van der Waals surface area contributed by atoms with Crippen molar-refractivity contribution in [3.05, 3.63) is 60.2 Å². The Kier molecular flexibility index (Phi) is 25.0. The minimum atomic E-state index is -3.67. The van der Waals surface area contributed by atoms with E-state index in [1.165, 1.54) is 89.0 Å². The van der Waals surface area contributed by atoms with E-state index >= 15 is 0 Å². The number of aryl methyl sites for hydroxylation is 1. The maximum Gasteiger partial charge on any atom is 0.425 e. The van der Waals surface area contributed by atoms with Crippen LogP contribution in [0, 0.1) is 0 Å². The molecule has 2 rings (SSSR count). The molecule has 0 aliphatic carbocycles. The van der Waals surface area contributed by atoms with E-state index in [2.05, 4.69) is 25.1 Å². The topological polar surface area (TPSA) is 115 Å². The second kappa shape index (κ2) is 25.1. The van der Waals surface area contributed by atoms with Gasteiger partial charge in [-0.05, 0) is 42.7 Å². The van der Waals surface area contributed by atoms with Crippen molar-refractivity contribution in [1.29, 1.82) is 0 Å². The highest BCUT2D eigenvalue weighted by atomic mass is 32.2. The van der Waals surface area contributed by atoms with Crippen LogP contribution in [0.4, 0.5) is 0 Å². The van der Waals surface area contributed by atoms with E-state index in [9.17, 15) is 8.42 Å². The zero-order chi connectivity index (χ0) is 27.8. The van der Waals surface area contributed by atoms with Crippen LogP contribution in [0.5, 0.6) is 11.5 Å². The van der Waals surface area contributed by atoms with Crippen molar-refractivity contribution >= 4 is 20.7 Å². The van der Waals surface area contributed by atoms with Gasteiger partial charge in [0.15, 0.2) is 0 Å². The monoisotopic (exact) mass is 572 g/mol. The Hall–Kier alpha value is -2.23. The summed E-state index contributed by atoms with van der Waals surface area (Å²) in [7, 11) is -6.78. The van der Waals surface area contributed by atoms with Gasteiger partial charge in [-0.25, -0.2) is 0 Å². The predicted octanol–water partition coefficient (Wildman–Crippen LogP) is 8.25. The van der Waals surface area contributed by atoms with Crippen LogP contribution in [0.1, 0.15) is 103 Å². The molecule has 2 aromatic rings. The summed E-state index contributed by atoms with van der Waals surface area (Å²) in [5.74, 6) is 1.85. The fraction of sp³-hybridized carbons (Fsp3) is 0.586. The molecule has 218 valence electrons. The quantitative estimate of drug-likeness (QED) is 0.159. The lowest BCUT2D eigenvalue weighted by Gasteiger charge is -2.08. The second-order valence-corrected chi connectivity index (χ2v) is 10.9. The molecular formula is C29H48O7S2. The molecule has 0 atom stereocenters. The summed E-state index contributed by atoms with van der Waals surface area (Å²) in [4.78, 5) is 0. The molecule has 0 unspecified atom stereocenters. The number of hydrogen-bond donors (Lipinski definition) is 1. The van der Waals surface area contributed by atoms with Crippen molar-refractivity contribution in [2.75, 3.05) is 6.26 Å². The van der Waals surface area contributed by atoms with Crippen molar-refractivity contribution in [3.8, 4) is 11.5 Å². The molecule has 0 aliphatic heterocycles. The van der Waals surface area contributed by atoms with Crippen LogP contribution in [0.25, 0.3) is 0 Å². The largest absolute Gasteiger partial charge is 0.457 e. The zero-order valence-corrected chi connectivity index (χ0v) is 23.9. The van der Waals surface area contributed by atoms with Gasteiger partial charge in [0.2, 0.25) is 0 Å². The molecule has 0 saturated carbocycles. The Morgan fingerprint density at radius 2 is 1.08 bits per heavy atom. The van der Waals surface area contributed by atoms with Crippen LogP contribution >= 0.6 is 0 Å². The number of ether oxygens (including phenoxy) is 1. The average Bonchev–Trinajstić information content (AvgIpc) is 2.82. The normalized spacial score (nSPS) is 10.2. The van der Waals surface area contributed by atoms with Crippen molar-refractivity contribution in [2.45, 2.75) is 104 Å². The lowest BCUT2D eigenvalue weighted by molar-refractivity contribution is 0.481. The third kappa shape index (κ3) is 30.0. The summed E-state index contributed by atoms with van der Waals surface area (Å²) in [6.07, 6.45) is 20.2. The van der Waals surface area contributed by atoms with Gasteiger partial charge in [-0.1, -0.05) is 122 Å². The molecule has 0 fully saturated rings. The van der Waals surface area contributed by atoms with Crippen molar-refractivity contribution in [3.63, 3.8) is 0 Å². The molecule has 0 bridgehead atoms. The Bertz CT molecular complexity index is 1010. The third-order valence-corrected chi connectivity index (χ3v) is 5.45. The lowest BCUT2D eigenvalue weighted by Crippen LogP contribution is -1.89. The highest BCUT2D eigenvalue weighted by Crippen LogP contribution is 2.22. The smallest absolute Gasteiger partial charge is 0.425 e. The molecule has 0 heterocycles. The number of unbranched alkanes of at least 4 members (excludes halogenated alkanes) is 12. The van der Waals surface area contributed by atoms with Crippen LogP contribution in [0.2, 0.25) is 0 Å². The molecule has 0 saturated heterocycles. The minimum Gasteiger partial charge on any atom is -0.457 e. The van der Waals surface area contributed by atoms with Gasteiger partial charge >= 0.3 is 10.6 Å². The lowest BCUT2D eigenvalue weighted by atomic mass is 10.0. The van der Waals surface area contributed by atoms with E-state index in [4.69, 9.17) is 21.9 Å². The number of rotatable bonds is 16. The van der Waals surface area contributed by atoms with E-state index in [0.717, 1.165) is 17.9 Å². The van der Waals surface area contributed by atoms with Crippen LogP contribution in [0.15, 0.2) is 54.6 Å². The summed E-state index contributed by atoms with van der Waals surface area (Å²) >= 11 is 0. The molecule has 0 aliphatic rings. The van der Waals surface area contributed by atoms with Gasteiger partial charge in [-0.15, -0.1) is 12.6 Å². The summed E-state index contributed by atoms with van der Waals surface area (Å²) in [6, 6.07) is 18.6. The fourth-order valence-corrected chi connectivity index (χ4v) is 3.74. The van der Waals surface area contributed by atoms with Gasteiger partial charge in [0.1, 0.15) is 11.5 Å². The Morgan fingerprint density at radius 1 is 0.684 bits per heavy atom. The van der Waals surface area contributed by atoms with Gasteiger partial charge < -0.3 is 4.74 Å². The molecular weight excluding hydrogens is 524 g/mol. The maximum absolute atomic E-state index is 9.19. The highest BCUT2D eigenvalue weighted by molar-refractivity contribution is 7.85. The first-order chi connectivity index (χ1) is 17.6. The molecule has 0 spiro atoms. The van der Waals surface area contributed by atoms with E-state index in [1.54, 1.807) is 0 Å². The molecule has 2 aromatic carbocycles. The van der Waals surface area contributed by atoms with Crippen molar-refractivity contribution < 1.29 is 30.3 Å². The van der Waals surface area contributed by atoms with Crippen LogP contribution in [-0.2, 0) is 27.1 Å². The Morgan fingerprint density at radius 3 is 1.53 bits per heavy atom. The zero-order valence-electron chi connectivity index (χ0n) is 22.3. The van der Waals surface area contributed by atoms with Crippen molar-refractivity contribution in [1.82, 2.24) is 0 Å². The van der Waals surface area contributed by atoms with Gasteiger partial charge in [-0.3, -0.25) is 4.55 Å². The van der Waals surface area contributed by atoms with Gasteiger partial charge in [0.25, 0.3) is 10.1 Å². The molecule has 38 heavy (non-hydrogen) atoms. The molecule has 0 amide bonds. The SMILES string of the molecule is C.CCCCCCCCCCCCCCCc1cccc(Oc2ccccc2)c1.CS(=O)(=O)O.O=S(=O)=O. The third-order valence-electron chi connectivity index (χ3n) is 5.45. The van der Waals surface area contributed by atoms with Gasteiger partial charge in [0.05, 0.1) is 6.26 Å². The standard InChI is InChI=1S/C27H40O.CH4O3S.CH4.O3S/c1-2-3-4-5-6-7-8-9-10-11-12-13-15-19-25-20-18-23-27(24-25)28-26-21-16-14-17-22-26;1-5(2,3)4;;1-4(2)3/h14,16-18,20-24H,2-13,15,19H2,1H3;1H3,(H,2,3,4);1H4;. The maximum atomic E-state index is 9.19. The van der Waals surface area contributed by atoms with Crippen LogP contribution < -0.4 is 4.74 Å². The fourth-order valence-electron chi connectivity index (χ4n) is 3.74. The number of para-hydroxylation sites is 1. The summed E-state index contributed by atoms with van der Waals surface area (Å²) < 4.78 is 57.1. The van der Waals surface area contributed by atoms with E-state index in [0.29, 0.717) is 6.26 Å². The molecule has 7 nitrogen and oxygen atoms in total. The molecule has 0 radical (unpaired) electrons. The average molecular weight is 573 g/mol. The summed E-state index contributed by atoms with van der Waals surface area (Å²) in [5, 5.41) is 0. The van der Waals surface area contributed by atoms with Crippen LogP contribution in [-0.4, -0.2) is 31.9 Å². The van der Waals surface area contributed by atoms with E-state index in [-0.39, 0.29) is 7.43 Å². The Balaban J connectivity index is 0. The predicted molar refractivity (Wildman–Crippen MR) is 156 cm³/mol. The first-order valence-electron chi connectivity index (χ1n) is 13.1. The second-order valence-electron chi connectivity index (χ2n) is 8.99. The van der Waals surface area contributed by atoms with Crippen LogP contribution in [0.3, 0.4) is 0 Å². The summed E-state index contributed by atoms with van der Waals surface area (Å²) in [5.41, 5.74) is 1.39. The van der Waals surface area contributed by atoms with Crippen molar-refractivity contribution in [2.24, 2.45) is 0 Å². The number of hydrogen-bond acceptors (Lipinski definition) is 6. The molecule has 1 N–H and O–H groups in total. The minimum absolute atomic E-state index is 0. The highest BCUT2D eigenvalue weighted by Gasteiger charge is 2.00. The van der Waals surface area contributed by atoms with E-state index in [1.807, 2.05) is 36.4 Å².